The number of aromatic amines is 1. The van der Waals surface area contributed by atoms with Crippen LogP contribution in [0.3, 0.4) is 0 Å². The van der Waals surface area contributed by atoms with Crippen LogP contribution in [0.15, 0.2) is 17.1 Å². The number of hydrazine groups is 1. The number of aryl methyl sites for hydroxylation is 1. The normalized spacial score (nSPS) is 24.9. The summed E-state index contributed by atoms with van der Waals surface area (Å²) in [4.78, 5) is 64.9. The Bertz CT molecular complexity index is 1400. The summed E-state index contributed by atoms with van der Waals surface area (Å²) in [5.41, 5.74) is 3.94. The molecule has 0 unspecified atom stereocenters. The van der Waals surface area contributed by atoms with Crippen LogP contribution in [0.1, 0.15) is 36.3 Å². The predicted octanol–water partition coefficient (Wildman–Crippen LogP) is -1.85. The van der Waals surface area contributed by atoms with E-state index in [1.165, 1.54) is 0 Å². The van der Waals surface area contributed by atoms with Crippen molar-refractivity contribution in [1.82, 2.24) is 30.3 Å². The fourth-order valence-corrected chi connectivity index (χ4v) is 6.37. The Balaban J connectivity index is 1.43. The molecule has 15 nitrogen and oxygen atoms in total. The van der Waals surface area contributed by atoms with Crippen LogP contribution in [0.2, 0.25) is 0 Å². The molecular formula is C18H20N6O9S. The van der Waals surface area contributed by atoms with Gasteiger partial charge in [0.05, 0.1) is 6.42 Å². The maximum atomic E-state index is 12.8. The predicted molar refractivity (Wildman–Crippen MR) is 111 cm³/mol. The average Bonchev–Trinajstić information content (AvgIpc) is 3.25. The summed E-state index contributed by atoms with van der Waals surface area (Å²) < 4.78 is 29.5. The van der Waals surface area contributed by atoms with Gasteiger partial charge in [-0.05, 0) is 13.3 Å². The molecule has 2 aliphatic heterocycles. The van der Waals surface area contributed by atoms with Crippen molar-refractivity contribution in [2.24, 2.45) is 0 Å². The van der Waals surface area contributed by atoms with Gasteiger partial charge in [-0.2, -0.15) is 0 Å². The van der Waals surface area contributed by atoms with Crippen LogP contribution in [0.4, 0.5) is 4.79 Å². The monoisotopic (exact) mass is 496 g/mol. The lowest BCUT2D eigenvalue weighted by Crippen LogP contribution is -2.58. The Hall–Kier alpha value is -3.95. The van der Waals surface area contributed by atoms with E-state index >= 15 is 0 Å². The third kappa shape index (κ3) is 3.28. The van der Waals surface area contributed by atoms with Gasteiger partial charge in [-0.3, -0.25) is 24.9 Å². The summed E-state index contributed by atoms with van der Waals surface area (Å²) in [5.74, 6) is -3.13. The van der Waals surface area contributed by atoms with Crippen LogP contribution in [-0.4, -0.2) is 79.7 Å². The lowest BCUT2D eigenvalue weighted by molar-refractivity contribution is -0.158. The maximum absolute atomic E-state index is 12.8. The van der Waals surface area contributed by atoms with Crippen LogP contribution in [0.25, 0.3) is 5.65 Å². The van der Waals surface area contributed by atoms with Gasteiger partial charge in [0.15, 0.2) is 21.5 Å². The largest absolute Gasteiger partial charge is 0.480 e. The number of carboxylic acids is 1. The van der Waals surface area contributed by atoms with Gasteiger partial charge < -0.3 is 14.7 Å². The van der Waals surface area contributed by atoms with Gasteiger partial charge in [0.2, 0.25) is 5.91 Å². The number of fused-ring (bicyclic) bond motifs is 2. The van der Waals surface area contributed by atoms with Gasteiger partial charge in [-0.1, -0.05) is 6.92 Å². The molecule has 3 atom stereocenters. The molecule has 0 bridgehead atoms. The Labute approximate surface area is 190 Å². The summed E-state index contributed by atoms with van der Waals surface area (Å²) in [7, 11) is -4.17. The summed E-state index contributed by atoms with van der Waals surface area (Å²) in [5, 5.41) is 10.9. The number of carboxylic acid groups (broad SMARTS) is 1. The SMILES string of the molecule is CCc1c[nH]n2c(=O)cc(C(=O)NNC(=O)OC[C@@]3(C)[C@H](C(=O)O)N4C(=O)C[C@H]4S3(=O)=O)nc12. The van der Waals surface area contributed by atoms with Crippen molar-refractivity contribution in [3.05, 3.63) is 33.9 Å². The van der Waals surface area contributed by atoms with E-state index in [0.717, 1.165) is 22.4 Å². The highest BCUT2D eigenvalue weighted by atomic mass is 32.2. The van der Waals surface area contributed by atoms with Gasteiger partial charge >= 0.3 is 12.1 Å². The number of carbonyl (C=O) groups excluding carboxylic acids is 3. The number of ether oxygens (including phenoxy) is 1. The Kier molecular flexibility index (Phi) is 5.34. The van der Waals surface area contributed by atoms with E-state index in [2.05, 4.69) is 10.1 Å². The zero-order valence-corrected chi connectivity index (χ0v) is 18.7. The minimum absolute atomic E-state index is 0.237. The lowest BCUT2D eigenvalue weighted by atomic mass is 9.97. The number of aromatic nitrogens is 3. The molecule has 2 aromatic rings. The van der Waals surface area contributed by atoms with Gasteiger partial charge in [0, 0.05) is 17.8 Å². The average molecular weight is 496 g/mol. The maximum Gasteiger partial charge on any atom is 0.426 e. The zero-order valence-electron chi connectivity index (χ0n) is 17.9. The summed E-state index contributed by atoms with van der Waals surface area (Å²) in [6.45, 7) is 2.02. The van der Waals surface area contributed by atoms with Crippen molar-refractivity contribution >= 4 is 39.4 Å². The molecule has 2 aromatic heterocycles. The third-order valence-corrected chi connectivity index (χ3v) is 8.75. The number of aliphatic carboxylic acids is 1. The zero-order chi connectivity index (χ0) is 25.0. The second kappa shape index (κ2) is 7.82. The van der Waals surface area contributed by atoms with Gasteiger partial charge in [0.25, 0.3) is 11.5 Å². The first kappa shape index (κ1) is 23.2. The molecule has 3 amide bonds. The number of nitrogens with zero attached hydrogens (tertiary/aromatic N) is 3. The van der Waals surface area contributed by atoms with E-state index in [0.29, 0.717) is 12.0 Å². The fraction of sp³-hybridized carbons (Fsp3) is 0.444. The first-order chi connectivity index (χ1) is 15.9. The molecular weight excluding hydrogens is 476 g/mol. The number of carbonyl (C=O) groups is 4. The highest BCUT2D eigenvalue weighted by Crippen LogP contribution is 2.46. The van der Waals surface area contributed by atoms with Crippen molar-refractivity contribution in [2.45, 2.75) is 42.9 Å². The minimum Gasteiger partial charge on any atom is -0.480 e. The van der Waals surface area contributed by atoms with Crippen molar-refractivity contribution in [1.29, 1.82) is 0 Å². The van der Waals surface area contributed by atoms with Crippen LogP contribution in [0, 0.1) is 0 Å². The van der Waals surface area contributed by atoms with E-state index in [4.69, 9.17) is 4.74 Å². The second-order valence-electron chi connectivity index (χ2n) is 8.00. The number of sulfone groups is 1. The van der Waals surface area contributed by atoms with E-state index in [-0.39, 0.29) is 17.8 Å². The molecule has 0 spiro atoms. The van der Waals surface area contributed by atoms with E-state index in [9.17, 15) is 37.5 Å². The highest BCUT2D eigenvalue weighted by molar-refractivity contribution is 7.94. The molecule has 0 aromatic carbocycles. The molecule has 182 valence electrons. The molecule has 16 heteroatoms. The van der Waals surface area contributed by atoms with Crippen LogP contribution in [0.5, 0.6) is 0 Å². The molecule has 4 N–H and O–H groups in total. The summed E-state index contributed by atoms with van der Waals surface area (Å²) in [6, 6.07) is -0.792. The summed E-state index contributed by atoms with van der Waals surface area (Å²) >= 11 is 0. The Morgan fingerprint density at radius 1 is 1.32 bits per heavy atom. The number of H-pyrrole nitrogens is 1. The number of rotatable bonds is 5. The number of nitrogens with one attached hydrogen (secondary N) is 3. The minimum atomic E-state index is -4.17. The molecule has 2 aliphatic rings. The van der Waals surface area contributed by atoms with Crippen LogP contribution >= 0.6 is 0 Å². The molecule has 2 saturated heterocycles. The lowest BCUT2D eigenvalue weighted by Gasteiger charge is -2.35. The van der Waals surface area contributed by atoms with Crippen molar-refractivity contribution in [3.63, 3.8) is 0 Å². The van der Waals surface area contributed by atoms with Gasteiger partial charge in [-0.25, -0.2) is 32.9 Å². The second-order valence-corrected chi connectivity index (χ2v) is 10.6. The smallest absolute Gasteiger partial charge is 0.426 e. The van der Waals surface area contributed by atoms with E-state index in [1.54, 1.807) is 6.20 Å². The van der Waals surface area contributed by atoms with Crippen LogP contribution in [-0.2, 0) is 30.6 Å². The Morgan fingerprint density at radius 2 is 2.03 bits per heavy atom. The number of β-lactam (4-membered cyclic amide) rings is 1. The first-order valence-electron chi connectivity index (χ1n) is 10.0. The third-order valence-electron chi connectivity index (χ3n) is 6.00. The first-order valence-corrected chi connectivity index (χ1v) is 11.6. The number of hydrogen-bond acceptors (Lipinski definition) is 9. The van der Waals surface area contributed by atoms with Crippen molar-refractivity contribution < 1.29 is 37.4 Å². The molecule has 0 saturated carbocycles. The number of amides is 3. The molecule has 2 fully saturated rings. The topological polar surface area (TPSA) is 209 Å². The van der Waals surface area contributed by atoms with E-state index < -0.39 is 62.0 Å². The quantitative estimate of drug-likeness (QED) is 0.268. The Morgan fingerprint density at radius 3 is 2.65 bits per heavy atom. The molecule has 4 rings (SSSR count). The van der Waals surface area contributed by atoms with Crippen LogP contribution < -0.4 is 16.4 Å². The molecule has 34 heavy (non-hydrogen) atoms. The summed E-state index contributed by atoms with van der Waals surface area (Å²) in [6.07, 6.45) is 0.475. The van der Waals surface area contributed by atoms with Gasteiger partial charge in [-0.15, -0.1) is 0 Å². The fourth-order valence-electron chi connectivity index (χ4n) is 4.10. The molecule has 0 radical (unpaired) electrons. The molecule has 4 heterocycles. The van der Waals surface area contributed by atoms with E-state index in [1.807, 2.05) is 17.8 Å². The standard InChI is InChI=1S/C18H20N6O9S/c1-3-8-6-19-24-11(26)4-9(20-14(8)24)15(27)21-22-17(30)33-7-18(2)13(16(28)29)23-10(25)5-12(23)34(18,31)32/h4,6,12-13,19H,3,5,7H2,1-2H3,(H,21,27)(H,22,30)(H,28,29)/t12-,13+,18+/m1/s1. The van der Waals surface area contributed by atoms with Crippen molar-refractivity contribution in [3.8, 4) is 0 Å². The van der Waals surface area contributed by atoms with Gasteiger partial charge in [0.1, 0.15) is 22.4 Å². The highest BCUT2D eigenvalue weighted by Gasteiger charge is 2.70. The number of hydrogen-bond donors (Lipinski definition) is 4. The van der Waals surface area contributed by atoms with Crippen molar-refractivity contribution in [2.75, 3.05) is 6.61 Å². The molecule has 0 aliphatic carbocycles.